The van der Waals surface area contributed by atoms with E-state index in [0.29, 0.717) is 12.0 Å². The molecule has 3 heterocycles. The number of rotatable bonds is 4. The summed E-state index contributed by atoms with van der Waals surface area (Å²) in [6.07, 6.45) is 10.3. The number of nitrogens with zero attached hydrogens (tertiary/aromatic N) is 2. The van der Waals surface area contributed by atoms with Gasteiger partial charge in [0.2, 0.25) is 5.91 Å². The monoisotopic (exact) mass is 336 g/mol. The van der Waals surface area contributed by atoms with Gasteiger partial charge in [0.05, 0.1) is 6.54 Å². The lowest BCUT2D eigenvalue weighted by Gasteiger charge is -2.39. The molecule has 0 radical (unpaired) electrons. The number of hydrogen-bond donors (Lipinski definition) is 2. The van der Waals surface area contributed by atoms with Crippen LogP contribution < -0.4 is 10.6 Å². The molecule has 2 saturated heterocycles. The molecule has 3 aliphatic heterocycles. The van der Waals surface area contributed by atoms with Crippen molar-refractivity contribution in [3.05, 3.63) is 24.0 Å². The fraction of sp³-hybridized carbons (Fsp3) is 0.737. The summed E-state index contributed by atoms with van der Waals surface area (Å²) >= 11 is 0. The molecule has 5 heteroatoms. The average Bonchev–Trinajstić information content (AvgIpc) is 3.04. The van der Waals surface area contributed by atoms with Crippen LogP contribution in [0.1, 0.15) is 41.5 Å². The number of carbonyl (C=O) groups is 1. The van der Waals surface area contributed by atoms with Crippen molar-refractivity contribution in [1.82, 2.24) is 20.4 Å². The Morgan fingerprint density at radius 2 is 2.00 bits per heavy atom. The minimum atomic E-state index is 0. The lowest BCUT2D eigenvalue weighted by atomic mass is 9.78. The van der Waals surface area contributed by atoms with Crippen molar-refractivity contribution in [3.63, 3.8) is 0 Å². The largest absolute Gasteiger partial charge is 0.387 e. The van der Waals surface area contributed by atoms with Crippen LogP contribution in [0.15, 0.2) is 24.0 Å². The maximum Gasteiger partial charge on any atom is 0.234 e. The topological polar surface area (TPSA) is 47.6 Å². The molecule has 0 unspecified atom stereocenters. The predicted molar refractivity (Wildman–Crippen MR) is 102 cm³/mol. The van der Waals surface area contributed by atoms with E-state index in [1.165, 1.54) is 38.0 Å². The van der Waals surface area contributed by atoms with Gasteiger partial charge in [-0.25, -0.2) is 0 Å². The fourth-order valence-electron chi connectivity index (χ4n) is 3.88. The second kappa shape index (κ2) is 9.11. The van der Waals surface area contributed by atoms with Crippen LogP contribution >= 0.6 is 0 Å². The highest BCUT2D eigenvalue weighted by atomic mass is 16.2. The summed E-state index contributed by atoms with van der Waals surface area (Å²) in [6, 6.07) is 0. The lowest BCUT2D eigenvalue weighted by molar-refractivity contribution is -0.122. The summed E-state index contributed by atoms with van der Waals surface area (Å²) in [4.78, 5) is 16.5. The van der Waals surface area contributed by atoms with Crippen LogP contribution in [0.2, 0.25) is 0 Å². The Kier molecular flexibility index (Phi) is 7.16. The first-order chi connectivity index (χ1) is 11.7. The standard InChI is InChI=1S/C17H28N4O.C2H6.H2/c1-2-19-16(22)13-20-10-5-17(6-11-20)7-12-21(14-17)15-3-8-18-9-4-15;1-2;/h3-4,8,18H,2,5-7,9-14H2,1H3,(H,19,22);1-2H3;1H. The van der Waals surface area contributed by atoms with Crippen molar-refractivity contribution in [2.45, 2.75) is 40.0 Å². The second-order valence-corrected chi connectivity index (χ2v) is 6.77. The Balaban J connectivity index is 0.00000101. The number of likely N-dealkylation sites (tertiary alicyclic amines) is 2. The van der Waals surface area contributed by atoms with Crippen LogP contribution in [0.3, 0.4) is 0 Å². The van der Waals surface area contributed by atoms with E-state index in [-0.39, 0.29) is 7.33 Å². The summed E-state index contributed by atoms with van der Waals surface area (Å²) in [5.41, 5.74) is 1.84. The molecule has 0 aliphatic carbocycles. The third-order valence-electron chi connectivity index (χ3n) is 5.26. The van der Waals surface area contributed by atoms with Crippen LogP contribution in [0.25, 0.3) is 0 Å². The van der Waals surface area contributed by atoms with Gasteiger partial charge in [0.25, 0.3) is 0 Å². The summed E-state index contributed by atoms with van der Waals surface area (Å²) in [5.74, 6) is 0.163. The zero-order valence-corrected chi connectivity index (χ0v) is 15.6. The molecule has 2 fully saturated rings. The van der Waals surface area contributed by atoms with Crippen molar-refractivity contribution in [1.29, 1.82) is 0 Å². The summed E-state index contributed by atoms with van der Waals surface area (Å²) in [6.45, 7) is 12.7. The van der Waals surface area contributed by atoms with E-state index >= 15 is 0 Å². The van der Waals surface area contributed by atoms with Gasteiger partial charge in [-0.1, -0.05) is 13.8 Å². The molecule has 0 bridgehead atoms. The molecule has 138 valence electrons. The minimum absolute atomic E-state index is 0. The first kappa shape index (κ1) is 18.8. The second-order valence-electron chi connectivity index (χ2n) is 6.77. The molecule has 5 nitrogen and oxygen atoms in total. The van der Waals surface area contributed by atoms with Gasteiger partial charge in [-0.2, -0.15) is 0 Å². The lowest BCUT2D eigenvalue weighted by Crippen LogP contribution is -2.45. The summed E-state index contributed by atoms with van der Waals surface area (Å²) in [5, 5.41) is 6.11. The third-order valence-corrected chi connectivity index (χ3v) is 5.26. The molecule has 0 aromatic heterocycles. The first-order valence-electron chi connectivity index (χ1n) is 9.55. The maximum atomic E-state index is 11.7. The van der Waals surface area contributed by atoms with E-state index in [2.05, 4.69) is 38.8 Å². The van der Waals surface area contributed by atoms with Gasteiger partial charge in [-0.3, -0.25) is 9.69 Å². The van der Waals surface area contributed by atoms with E-state index in [1.807, 2.05) is 20.8 Å². The zero-order valence-electron chi connectivity index (χ0n) is 15.6. The number of hydrogen-bond acceptors (Lipinski definition) is 4. The highest BCUT2D eigenvalue weighted by Gasteiger charge is 2.41. The van der Waals surface area contributed by atoms with Crippen LogP contribution in [-0.2, 0) is 4.79 Å². The van der Waals surface area contributed by atoms with Crippen molar-refractivity contribution in [3.8, 4) is 0 Å². The van der Waals surface area contributed by atoms with Gasteiger partial charge in [0.15, 0.2) is 0 Å². The van der Waals surface area contributed by atoms with Crippen LogP contribution in [0.5, 0.6) is 0 Å². The highest BCUT2D eigenvalue weighted by molar-refractivity contribution is 5.77. The van der Waals surface area contributed by atoms with E-state index < -0.39 is 0 Å². The molecular weight excluding hydrogens is 300 g/mol. The Morgan fingerprint density at radius 3 is 2.62 bits per heavy atom. The molecule has 2 N–H and O–H groups in total. The molecule has 0 aromatic rings. The normalized spacial score (nSPS) is 22.5. The van der Waals surface area contributed by atoms with Crippen LogP contribution in [0, 0.1) is 5.41 Å². The number of likely N-dealkylation sites (N-methyl/N-ethyl adjacent to an activating group) is 1. The molecule has 1 amide bonds. The van der Waals surface area contributed by atoms with Gasteiger partial charge >= 0.3 is 0 Å². The highest BCUT2D eigenvalue weighted by Crippen LogP contribution is 2.41. The number of allylic oxidation sites excluding steroid dienone is 1. The van der Waals surface area contributed by atoms with Gasteiger partial charge in [0, 0.05) is 33.3 Å². The van der Waals surface area contributed by atoms with Crippen molar-refractivity contribution in [2.24, 2.45) is 5.41 Å². The molecular formula is C19H36N4O. The molecule has 3 aliphatic rings. The van der Waals surface area contributed by atoms with Crippen LogP contribution in [0.4, 0.5) is 0 Å². The number of dihydropyridines is 1. The Bertz CT molecular complexity index is 470. The van der Waals surface area contributed by atoms with Gasteiger partial charge in [-0.15, -0.1) is 0 Å². The quantitative estimate of drug-likeness (QED) is 0.826. The Morgan fingerprint density at radius 1 is 1.29 bits per heavy atom. The molecule has 0 saturated carbocycles. The Hall–Kier alpha value is -1.49. The van der Waals surface area contributed by atoms with Crippen LogP contribution in [-0.4, -0.2) is 61.5 Å². The van der Waals surface area contributed by atoms with Crippen molar-refractivity contribution < 1.29 is 6.22 Å². The number of carbonyl (C=O) groups excluding carboxylic acids is 1. The zero-order chi connectivity index (χ0) is 17.4. The van der Waals surface area contributed by atoms with Gasteiger partial charge in [0.1, 0.15) is 0 Å². The maximum absolute atomic E-state index is 11.7. The smallest absolute Gasteiger partial charge is 0.234 e. The van der Waals surface area contributed by atoms with Gasteiger partial charge in [-0.05, 0) is 63.0 Å². The number of piperidine rings is 1. The predicted octanol–water partition coefficient (Wildman–Crippen LogP) is 2.18. The van der Waals surface area contributed by atoms with Crippen molar-refractivity contribution >= 4 is 5.91 Å². The molecule has 24 heavy (non-hydrogen) atoms. The van der Waals surface area contributed by atoms with E-state index in [0.717, 1.165) is 26.2 Å². The van der Waals surface area contributed by atoms with E-state index in [1.54, 1.807) is 0 Å². The molecule has 1 spiro atoms. The van der Waals surface area contributed by atoms with Crippen molar-refractivity contribution in [2.75, 3.05) is 45.8 Å². The molecule has 0 aromatic carbocycles. The number of amides is 1. The third kappa shape index (κ3) is 4.76. The van der Waals surface area contributed by atoms with Gasteiger partial charge < -0.3 is 15.5 Å². The average molecular weight is 337 g/mol. The SMILES string of the molecule is CC.CCNC(=O)CN1CCC2(CC1)CCN(C1=CCNC=C1)C2.[HH]. The minimum Gasteiger partial charge on any atom is -0.387 e. The van der Waals surface area contributed by atoms with E-state index in [9.17, 15) is 4.79 Å². The summed E-state index contributed by atoms with van der Waals surface area (Å²) in [7, 11) is 0. The van der Waals surface area contributed by atoms with E-state index in [4.69, 9.17) is 0 Å². The first-order valence-corrected chi connectivity index (χ1v) is 9.55. The Labute approximate surface area is 148 Å². The fourth-order valence-corrected chi connectivity index (χ4v) is 3.88. The summed E-state index contributed by atoms with van der Waals surface area (Å²) < 4.78 is 0. The molecule has 0 atom stereocenters. The number of nitrogens with one attached hydrogen (secondary N) is 2. The molecule has 3 rings (SSSR count).